The molecule has 0 saturated carbocycles. The minimum absolute atomic E-state index is 0.00975. The van der Waals surface area contributed by atoms with Crippen molar-refractivity contribution in [3.63, 3.8) is 0 Å². The van der Waals surface area contributed by atoms with Gasteiger partial charge in [0.15, 0.2) is 0 Å². The molecule has 1 unspecified atom stereocenters. The second kappa shape index (κ2) is 11.2. The largest absolute Gasteiger partial charge is 0.497 e. The SMILES string of the molecule is COCCN1CC(O)N(Cc2cccc(OC)c2)C(=O)C12CCN(Cc1ccc3ccccc3c1)CC2. The molecule has 37 heavy (non-hydrogen) atoms. The van der Waals surface area contributed by atoms with Crippen molar-refractivity contribution in [2.45, 2.75) is 37.7 Å². The molecule has 2 fully saturated rings. The number of likely N-dealkylation sites (tertiary alicyclic amines) is 1. The summed E-state index contributed by atoms with van der Waals surface area (Å²) >= 11 is 0. The number of amides is 1. The lowest BCUT2D eigenvalue weighted by Gasteiger charge is -2.54. The Morgan fingerprint density at radius 3 is 2.43 bits per heavy atom. The smallest absolute Gasteiger partial charge is 0.245 e. The lowest BCUT2D eigenvalue weighted by atomic mass is 9.81. The van der Waals surface area contributed by atoms with Crippen LogP contribution >= 0.6 is 0 Å². The summed E-state index contributed by atoms with van der Waals surface area (Å²) in [5.41, 5.74) is 1.60. The molecule has 1 atom stereocenters. The van der Waals surface area contributed by atoms with Gasteiger partial charge in [-0.05, 0) is 52.9 Å². The third-order valence-electron chi connectivity index (χ3n) is 7.96. The van der Waals surface area contributed by atoms with Gasteiger partial charge >= 0.3 is 0 Å². The number of piperidine rings is 1. The number of benzene rings is 3. The first-order chi connectivity index (χ1) is 18.0. The molecule has 3 aromatic carbocycles. The molecule has 5 rings (SSSR count). The van der Waals surface area contributed by atoms with Gasteiger partial charge in [-0.15, -0.1) is 0 Å². The van der Waals surface area contributed by atoms with E-state index in [-0.39, 0.29) is 5.91 Å². The van der Waals surface area contributed by atoms with Crippen molar-refractivity contribution in [3.8, 4) is 5.75 Å². The fourth-order valence-electron chi connectivity index (χ4n) is 5.87. The molecule has 2 aliphatic rings. The number of aliphatic hydroxyl groups is 1. The van der Waals surface area contributed by atoms with Crippen molar-refractivity contribution in [3.05, 3.63) is 77.9 Å². The van der Waals surface area contributed by atoms with Crippen LogP contribution in [-0.2, 0) is 22.6 Å². The Bertz CT molecular complexity index is 1220. The van der Waals surface area contributed by atoms with Gasteiger partial charge in [0.2, 0.25) is 5.91 Å². The Balaban J connectivity index is 1.32. The predicted molar refractivity (Wildman–Crippen MR) is 144 cm³/mol. The van der Waals surface area contributed by atoms with E-state index >= 15 is 0 Å². The minimum Gasteiger partial charge on any atom is -0.497 e. The van der Waals surface area contributed by atoms with Crippen LogP contribution in [0.1, 0.15) is 24.0 Å². The van der Waals surface area contributed by atoms with Crippen molar-refractivity contribution < 1.29 is 19.4 Å². The zero-order chi connectivity index (χ0) is 25.8. The van der Waals surface area contributed by atoms with Gasteiger partial charge in [0.1, 0.15) is 17.5 Å². The highest BCUT2D eigenvalue weighted by Crippen LogP contribution is 2.36. The lowest BCUT2D eigenvalue weighted by Crippen LogP contribution is -2.71. The fraction of sp³-hybridized carbons (Fsp3) is 0.433. The second-order valence-electron chi connectivity index (χ2n) is 10.2. The number of hydrogen-bond donors (Lipinski definition) is 1. The first-order valence-corrected chi connectivity index (χ1v) is 13.1. The van der Waals surface area contributed by atoms with Crippen LogP contribution in [0.15, 0.2) is 66.7 Å². The molecule has 0 radical (unpaired) electrons. The lowest BCUT2D eigenvalue weighted by molar-refractivity contribution is -0.180. The van der Waals surface area contributed by atoms with E-state index in [1.807, 2.05) is 24.3 Å². The molecule has 1 amide bonds. The number of rotatable bonds is 8. The maximum Gasteiger partial charge on any atom is 0.245 e. The average Bonchev–Trinajstić information content (AvgIpc) is 2.93. The van der Waals surface area contributed by atoms with Crippen LogP contribution in [0.5, 0.6) is 5.75 Å². The maximum absolute atomic E-state index is 14.1. The van der Waals surface area contributed by atoms with E-state index in [1.165, 1.54) is 16.3 Å². The van der Waals surface area contributed by atoms with Crippen molar-refractivity contribution in [2.75, 3.05) is 47.0 Å². The van der Waals surface area contributed by atoms with Crippen LogP contribution in [0, 0.1) is 0 Å². The predicted octanol–water partition coefficient (Wildman–Crippen LogP) is 3.49. The maximum atomic E-state index is 14.1. The summed E-state index contributed by atoms with van der Waals surface area (Å²) in [5.74, 6) is 0.755. The van der Waals surface area contributed by atoms with E-state index in [4.69, 9.17) is 9.47 Å². The minimum atomic E-state index is -0.864. The Morgan fingerprint density at radius 2 is 1.68 bits per heavy atom. The van der Waals surface area contributed by atoms with Crippen molar-refractivity contribution in [2.24, 2.45) is 0 Å². The molecule has 2 aliphatic heterocycles. The summed E-state index contributed by atoms with van der Waals surface area (Å²) in [4.78, 5) is 20.3. The normalized spacial score (nSPS) is 20.6. The van der Waals surface area contributed by atoms with Gasteiger partial charge in [-0.1, -0.05) is 48.5 Å². The first-order valence-electron chi connectivity index (χ1n) is 13.1. The average molecular weight is 504 g/mol. The van der Waals surface area contributed by atoms with Crippen LogP contribution in [-0.4, -0.2) is 84.5 Å². The standard InChI is InChI=1S/C30H37N3O4/c1-36-17-16-32-22-28(34)33(21-23-6-5-9-27(19-23)37-2)29(35)30(32)12-14-31(15-13-30)20-24-10-11-25-7-3-4-8-26(25)18-24/h3-11,18-19,28,34H,12-17,20-22H2,1-2H3. The van der Waals surface area contributed by atoms with Crippen LogP contribution in [0.25, 0.3) is 10.8 Å². The van der Waals surface area contributed by atoms with Crippen molar-refractivity contribution >= 4 is 16.7 Å². The van der Waals surface area contributed by atoms with Crippen LogP contribution in [0.4, 0.5) is 0 Å². The molecule has 0 aromatic heterocycles. The summed E-state index contributed by atoms with van der Waals surface area (Å²) in [7, 11) is 3.31. The van der Waals surface area contributed by atoms with Crippen LogP contribution in [0.3, 0.4) is 0 Å². The van der Waals surface area contributed by atoms with Gasteiger partial charge < -0.3 is 19.5 Å². The van der Waals surface area contributed by atoms with Gasteiger partial charge in [-0.2, -0.15) is 0 Å². The third-order valence-corrected chi connectivity index (χ3v) is 7.96. The number of β-amino-alcohol motifs (C(OH)–C–C–N with tert-alkyl or cyclic N) is 1. The highest BCUT2D eigenvalue weighted by atomic mass is 16.5. The summed E-state index contributed by atoms with van der Waals surface area (Å²) in [6.07, 6.45) is 0.589. The molecule has 2 saturated heterocycles. The number of hydrogen-bond acceptors (Lipinski definition) is 6. The Kier molecular flexibility index (Phi) is 7.76. The molecule has 3 aromatic rings. The Labute approximate surface area is 219 Å². The molecule has 196 valence electrons. The number of fused-ring (bicyclic) bond motifs is 1. The fourth-order valence-corrected chi connectivity index (χ4v) is 5.87. The molecule has 0 bridgehead atoms. The third kappa shape index (κ3) is 5.36. The number of piperazine rings is 1. The van der Waals surface area contributed by atoms with E-state index in [9.17, 15) is 9.90 Å². The monoisotopic (exact) mass is 503 g/mol. The molecule has 1 N–H and O–H groups in total. The molecule has 0 aliphatic carbocycles. The summed E-state index contributed by atoms with van der Waals surface area (Å²) < 4.78 is 10.7. The first kappa shape index (κ1) is 25.7. The van der Waals surface area contributed by atoms with Gasteiger partial charge in [-0.25, -0.2) is 0 Å². The summed E-state index contributed by atoms with van der Waals surface area (Å²) in [6, 6.07) is 22.8. The van der Waals surface area contributed by atoms with Gasteiger partial charge in [0.25, 0.3) is 0 Å². The van der Waals surface area contributed by atoms with E-state index < -0.39 is 11.8 Å². The zero-order valence-electron chi connectivity index (χ0n) is 21.8. The number of carbonyl (C=O) groups is 1. The van der Waals surface area contributed by atoms with Gasteiger partial charge in [0, 0.05) is 46.4 Å². The topological polar surface area (TPSA) is 65.5 Å². The number of nitrogens with zero attached hydrogens (tertiary/aromatic N) is 3. The molecule has 2 heterocycles. The van der Waals surface area contributed by atoms with E-state index in [0.29, 0.717) is 26.2 Å². The number of ether oxygens (including phenoxy) is 2. The summed E-state index contributed by atoms with van der Waals surface area (Å²) in [5, 5.41) is 13.5. The Hall–Kier alpha value is -2.97. The van der Waals surface area contributed by atoms with E-state index in [1.54, 1.807) is 19.1 Å². The van der Waals surface area contributed by atoms with Crippen LogP contribution in [0.2, 0.25) is 0 Å². The van der Waals surface area contributed by atoms with Gasteiger partial charge in [0.05, 0.1) is 13.7 Å². The molecular formula is C30H37N3O4. The molecule has 7 heteroatoms. The molecule has 1 spiro atoms. The summed E-state index contributed by atoms with van der Waals surface area (Å²) in [6.45, 7) is 4.44. The number of aliphatic hydroxyl groups excluding tert-OH is 1. The quantitative estimate of drug-likeness (QED) is 0.508. The van der Waals surface area contributed by atoms with Crippen molar-refractivity contribution in [1.29, 1.82) is 0 Å². The molecular weight excluding hydrogens is 466 g/mol. The Morgan fingerprint density at radius 1 is 0.919 bits per heavy atom. The van der Waals surface area contributed by atoms with Crippen molar-refractivity contribution in [1.82, 2.24) is 14.7 Å². The number of methoxy groups -OCH3 is 2. The van der Waals surface area contributed by atoms with E-state index in [2.05, 4.69) is 52.3 Å². The van der Waals surface area contributed by atoms with Crippen LogP contribution < -0.4 is 4.74 Å². The second-order valence-corrected chi connectivity index (χ2v) is 10.2. The highest BCUT2D eigenvalue weighted by Gasteiger charge is 2.52. The van der Waals surface area contributed by atoms with Gasteiger partial charge in [-0.3, -0.25) is 14.6 Å². The molecule has 7 nitrogen and oxygen atoms in total. The number of carbonyl (C=O) groups excluding carboxylic acids is 1. The van der Waals surface area contributed by atoms with E-state index in [0.717, 1.165) is 43.8 Å². The zero-order valence-corrected chi connectivity index (χ0v) is 21.8. The highest BCUT2D eigenvalue weighted by molar-refractivity contribution is 5.87.